The first kappa shape index (κ1) is 20.6. The van der Waals surface area contributed by atoms with Gasteiger partial charge < -0.3 is 15.5 Å². The number of rotatable bonds is 8. The minimum absolute atomic E-state index is 0.220. The van der Waals surface area contributed by atoms with Crippen LogP contribution in [0.2, 0.25) is 0 Å². The number of benzene rings is 1. The molecule has 2 N–H and O–H groups in total. The molecule has 2 heterocycles. The lowest BCUT2D eigenvalue weighted by Gasteiger charge is -2.24. The van der Waals surface area contributed by atoms with Crippen molar-refractivity contribution >= 4 is 5.96 Å². The van der Waals surface area contributed by atoms with Gasteiger partial charge in [0.2, 0.25) is 0 Å². The predicted molar refractivity (Wildman–Crippen MR) is 116 cm³/mol. The van der Waals surface area contributed by atoms with Crippen molar-refractivity contribution in [3.05, 3.63) is 66.2 Å². The first-order valence-electron chi connectivity index (χ1n) is 9.75. The van der Waals surface area contributed by atoms with Gasteiger partial charge in [0, 0.05) is 51.3 Å². The first-order chi connectivity index (χ1) is 14.1. The van der Waals surface area contributed by atoms with Gasteiger partial charge >= 0.3 is 0 Å². The third-order valence-electron chi connectivity index (χ3n) is 4.83. The Morgan fingerprint density at radius 1 is 1.17 bits per heavy atom. The summed E-state index contributed by atoms with van der Waals surface area (Å²) in [6.45, 7) is 1.55. The number of hydrogen-bond acceptors (Lipinski definition) is 4. The fourth-order valence-electron chi connectivity index (χ4n) is 3.19. The summed E-state index contributed by atoms with van der Waals surface area (Å²) in [6, 6.07) is 10.6. The number of likely N-dealkylation sites (N-methyl/N-ethyl adjacent to an activating group) is 1. The Hall–Kier alpha value is -3.13. The Balaban J connectivity index is 1.47. The summed E-state index contributed by atoms with van der Waals surface area (Å²) < 4.78 is 3.69. The summed E-state index contributed by atoms with van der Waals surface area (Å²) in [6.07, 6.45) is 8.61. The second-order valence-corrected chi connectivity index (χ2v) is 7.17. The Labute approximate surface area is 172 Å². The molecule has 0 amide bonds. The molecule has 0 aliphatic rings. The maximum absolute atomic E-state index is 4.34. The summed E-state index contributed by atoms with van der Waals surface area (Å²) in [5.74, 6) is 0.800. The zero-order valence-electron chi connectivity index (χ0n) is 17.6. The van der Waals surface area contributed by atoms with E-state index in [1.807, 2.05) is 34.9 Å². The SMILES string of the molecule is CN=C(NCCc1ccc(-n2cccn2)cc1)NCC(c1cnn(C)c1)N(C)C. The highest BCUT2D eigenvalue weighted by atomic mass is 15.3. The maximum atomic E-state index is 4.34. The van der Waals surface area contributed by atoms with Crippen LogP contribution in [0.15, 0.2) is 60.1 Å². The number of aryl methyl sites for hydroxylation is 1. The molecular weight excluding hydrogens is 364 g/mol. The van der Waals surface area contributed by atoms with E-state index in [1.165, 1.54) is 11.1 Å². The summed E-state index contributed by atoms with van der Waals surface area (Å²) in [5, 5.41) is 15.4. The van der Waals surface area contributed by atoms with Crippen molar-refractivity contribution in [3.8, 4) is 5.69 Å². The van der Waals surface area contributed by atoms with Crippen LogP contribution in [0.25, 0.3) is 5.69 Å². The molecular formula is C21H30N8. The van der Waals surface area contributed by atoms with Crippen molar-refractivity contribution in [2.45, 2.75) is 12.5 Å². The van der Waals surface area contributed by atoms with Gasteiger partial charge in [-0.25, -0.2) is 4.68 Å². The van der Waals surface area contributed by atoms with Crippen molar-refractivity contribution in [3.63, 3.8) is 0 Å². The first-order valence-corrected chi connectivity index (χ1v) is 9.75. The van der Waals surface area contributed by atoms with Crippen LogP contribution >= 0.6 is 0 Å². The van der Waals surface area contributed by atoms with Gasteiger partial charge in [0.05, 0.1) is 17.9 Å². The Kier molecular flexibility index (Phi) is 7.02. The van der Waals surface area contributed by atoms with Crippen molar-refractivity contribution in [1.29, 1.82) is 0 Å². The average molecular weight is 395 g/mol. The van der Waals surface area contributed by atoms with Crippen LogP contribution in [0.4, 0.5) is 0 Å². The number of aromatic nitrogens is 4. The minimum Gasteiger partial charge on any atom is -0.356 e. The molecule has 1 atom stereocenters. The molecule has 2 aromatic heterocycles. The number of aliphatic imine (C=N–C) groups is 1. The van der Waals surface area contributed by atoms with E-state index in [0.717, 1.165) is 31.2 Å². The van der Waals surface area contributed by atoms with Gasteiger partial charge in [0.1, 0.15) is 0 Å². The molecule has 1 unspecified atom stereocenters. The molecule has 154 valence electrons. The summed E-state index contributed by atoms with van der Waals surface area (Å²) in [7, 11) is 7.87. The number of guanidine groups is 1. The molecule has 0 spiro atoms. The second-order valence-electron chi connectivity index (χ2n) is 7.17. The molecule has 3 rings (SSSR count). The van der Waals surface area contributed by atoms with Gasteiger partial charge in [0.15, 0.2) is 5.96 Å². The highest BCUT2D eigenvalue weighted by Gasteiger charge is 2.16. The molecule has 0 bridgehead atoms. The fourth-order valence-corrected chi connectivity index (χ4v) is 3.19. The van der Waals surface area contributed by atoms with Crippen molar-refractivity contribution in [2.75, 3.05) is 34.2 Å². The van der Waals surface area contributed by atoms with Crippen LogP contribution in [0.5, 0.6) is 0 Å². The van der Waals surface area contributed by atoms with Gasteiger partial charge in [-0.15, -0.1) is 0 Å². The largest absolute Gasteiger partial charge is 0.356 e. The maximum Gasteiger partial charge on any atom is 0.191 e. The molecule has 3 aromatic rings. The third-order valence-corrected chi connectivity index (χ3v) is 4.83. The average Bonchev–Trinajstić information content (AvgIpc) is 3.39. The van der Waals surface area contributed by atoms with Gasteiger partial charge in [-0.1, -0.05) is 12.1 Å². The van der Waals surface area contributed by atoms with Crippen molar-refractivity contribution in [1.82, 2.24) is 35.1 Å². The van der Waals surface area contributed by atoms with Crippen LogP contribution in [0, 0.1) is 0 Å². The monoisotopic (exact) mass is 394 g/mol. The summed E-state index contributed by atoms with van der Waals surface area (Å²) in [5.41, 5.74) is 3.51. The number of hydrogen-bond donors (Lipinski definition) is 2. The van der Waals surface area contributed by atoms with Crippen LogP contribution in [-0.2, 0) is 13.5 Å². The van der Waals surface area contributed by atoms with Crippen molar-refractivity contribution < 1.29 is 0 Å². The summed E-state index contributed by atoms with van der Waals surface area (Å²) in [4.78, 5) is 6.52. The van der Waals surface area contributed by atoms with Gasteiger partial charge in [0.25, 0.3) is 0 Å². The fraction of sp³-hybridized carbons (Fsp3) is 0.381. The van der Waals surface area contributed by atoms with E-state index in [9.17, 15) is 0 Å². The lowest BCUT2D eigenvalue weighted by molar-refractivity contribution is 0.298. The second kappa shape index (κ2) is 9.88. The number of nitrogens with zero attached hydrogens (tertiary/aromatic N) is 6. The van der Waals surface area contributed by atoms with E-state index in [0.29, 0.717) is 0 Å². The van der Waals surface area contributed by atoms with E-state index in [1.54, 1.807) is 13.2 Å². The molecule has 29 heavy (non-hydrogen) atoms. The lowest BCUT2D eigenvalue weighted by Crippen LogP contribution is -2.42. The van der Waals surface area contributed by atoms with Gasteiger partial charge in [-0.2, -0.15) is 10.2 Å². The Morgan fingerprint density at radius 3 is 2.55 bits per heavy atom. The highest BCUT2D eigenvalue weighted by Crippen LogP contribution is 2.16. The van der Waals surface area contributed by atoms with Crippen LogP contribution in [0.1, 0.15) is 17.2 Å². The van der Waals surface area contributed by atoms with Gasteiger partial charge in [-0.3, -0.25) is 9.67 Å². The van der Waals surface area contributed by atoms with Crippen LogP contribution in [0.3, 0.4) is 0 Å². The van der Waals surface area contributed by atoms with Crippen LogP contribution < -0.4 is 10.6 Å². The smallest absolute Gasteiger partial charge is 0.191 e. The molecule has 0 radical (unpaired) electrons. The molecule has 1 aromatic carbocycles. The molecule has 0 aliphatic heterocycles. The zero-order valence-corrected chi connectivity index (χ0v) is 17.6. The lowest BCUT2D eigenvalue weighted by atomic mass is 10.1. The van der Waals surface area contributed by atoms with E-state index in [-0.39, 0.29) is 6.04 Å². The van der Waals surface area contributed by atoms with Gasteiger partial charge in [-0.05, 0) is 44.3 Å². The molecule has 0 aliphatic carbocycles. The molecule has 8 heteroatoms. The predicted octanol–water partition coefficient (Wildman–Crippen LogP) is 1.62. The van der Waals surface area contributed by atoms with Crippen LogP contribution in [-0.4, -0.2) is 64.7 Å². The van der Waals surface area contributed by atoms with Crippen molar-refractivity contribution in [2.24, 2.45) is 12.0 Å². The standard InChI is InChI=1S/C21H30N8/c1-22-21(24-15-20(27(2)3)18-14-26-28(4)16-18)23-12-10-17-6-8-19(9-7-17)29-13-5-11-25-29/h5-9,11,13-14,16,20H,10,12,15H2,1-4H3,(H2,22,23,24). The summed E-state index contributed by atoms with van der Waals surface area (Å²) >= 11 is 0. The molecule has 8 nitrogen and oxygen atoms in total. The zero-order chi connectivity index (χ0) is 20.6. The normalized spacial score (nSPS) is 12.9. The third kappa shape index (κ3) is 5.68. The Morgan fingerprint density at radius 2 is 1.97 bits per heavy atom. The topological polar surface area (TPSA) is 75.3 Å². The van der Waals surface area contributed by atoms with E-state index >= 15 is 0 Å². The van der Waals surface area contributed by atoms with E-state index < -0.39 is 0 Å². The quantitative estimate of drug-likeness (QED) is 0.449. The highest BCUT2D eigenvalue weighted by molar-refractivity contribution is 5.79. The van der Waals surface area contributed by atoms with E-state index in [2.05, 4.69) is 75.3 Å². The molecule has 0 saturated carbocycles. The Bertz CT molecular complexity index is 893. The molecule has 0 fully saturated rings. The molecule has 0 saturated heterocycles. The van der Waals surface area contributed by atoms with E-state index in [4.69, 9.17) is 0 Å². The minimum atomic E-state index is 0.220. The number of nitrogens with one attached hydrogen (secondary N) is 2.